The van der Waals surface area contributed by atoms with Crippen LogP contribution in [0.15, 0.2) is 231 Å². The van der Waals surface area contributed by atoms with Crippen LogP contribution in [0, 0.1) is 0 Å². The molecule has 0 saturated carbocycles. The van der Waals surface area contributed by atoms with Gasteiger partial charge in [0, 0.05) is 11.3 Å². The zero-order chi connectivity index (χ0) is 41.2. The first kappa shape index (κ1) is 37.6. The van der Waals surface area contributed by atoms with Crippen molar-refractivity contribution in [2.24, 2.45) is 0 Å². The lowest BCUT2D eigenvalue weighted by Gasteiger charge is -2.40. The Morgan fingerprint density at radius 2 is 0.758 bits per heavy atom. The summed E-state index contributed by atoms with van der Waals surface area (Å²) in [5, 5.41) is 18.3. The minimum absolute atomic E-state index is 0.0250. The van der Waals surface area contributed by atoms with Gasteiger partial charge in [-0.3, -0.25) is 16.0 Å². The molecule has 9 aromatic carbocycles. The maximum Gasteiger partial charge on any atom is 0.0865 e. The van der Waals surface area contributed by atoms with Crippen LogP contribution in [0.3, 0.4) is 0 Å². The van der Waals surface area contributed by atoms with E-state index in [0.717, 1.165) is 5.69 Å². The van der Waals surface area contributed by atoms with E-state index in [4.69, 9.17) is 0 Å². The molecular weight excluding hydrogens is 753 g/mol. The van der Waals surface area contributed by atoms with Crippen molar-refractivity contribution in [2.45, 2.75) is 24.5 Å². The van der Waals surface area contributed by atoms with Gasteiger partial charge in [0.15, 0.2) is 0 Å². The lowest BCUT2D eigenvalue weighted by Crippen LogP contribution is -2.54. The average molecular weight is 799 g/mol. The van der Waals surface area contributed by atoms with Gasteiger partial charge >= 0.3 is 0 Å². The third-order valence-corrected chi connectivity index (χ3v) is 12.4. The second-order valence-corrected chi connectivity index (χ2v) is 16.3. The van der Waals surface area contributed by atoms with E-state index in [-0.39, 0.29) is 24.5 Å². The molecule has 4 nitrogen and oxygen atoms in total. The summed E-state index contributed by atoms with van der Waals surface area (Å²) in [4.78, 5) is 0. The summed E-state index contributed by atoms with van der Waals surface area (Å²) in [5.74, 6) is 0. The quantitative estimate of drug-likeness (QED) is 0.124. The Balaban J connectivity index is 1.01. The predicted octanol–water partition coefficient (Wildman–Crippen LogP) is 13.6. The van der Waals surface area contributed by atoms with Gasteiger partial charge in [-0.25, -0.2) is 0 Å². The second-order valence-electron chi connectivity index (χ2n) is 16.3. The van der Waals surface area contributed by atoms with E-state index in [1.165, 1.54) is 83.1 Å². The van der Waals surface area contributed by atoms with Crippen molar-refractivity contribution in [2.75, 3.05) is 5.32 Å². The van der Waals surface area contributed by atoms with Gasteiger partial charge in [-0.2, -0.15) is 0 Å². The van der Waals surface area contributed by atoms with Gasteiger partial charge in [-0.1, -0.05) is 194 Å². The molecule has 4 unspecified atom stereocenters. The van der Waals surface area contributed by atoms with Crippen LogP contribution >= 0.6 is 0 Å². The summed E-state index contributed by atoms with van der Waals surface area (Å²) in [6.45, 7) is 0. The van der Waals surface area contributed by atoms with Crippen LogP contribution < -0.4 is 21.3 Å². The maximum atomic E-state index is 4.01. The fourth-order valence-corrected chi connectivity index (χ4v) is 9.34. The highest BCUT2D eigenvalue weighted by Crippen LogP contribution is 2.46. The van der Waals surface area contributed by atoms with Crippen LogP contribution in [0.2, 0.25) is 0 Å². The molecule has 0 radical (unpaired) electrons. The van der Waals surface area contributed by atoms with Crippen LogP contribution in [0.5, 0.6) is 0 Å². The molecule has 4 N–H and O–H groups in total. The molecule has 0 bridgehead atoms. The van der Waals surface area contributed by atoms with Gasteiger partial charge < -0.3 is 5.32 Å². The summed E-state index contributed by atoms with van der Waals surface area (Å²) in [7, 11) is 0. The minimum Gasteiger partial charge on any atom is -0.374 e. The van der Waals surface area contributed by atoms with Gasteiger partial charge in [-0.05, 0) is 114 Å². The van der Waals surface area contributed by atoms with Crippen LogP contribution in [0.1, 0.15) is 57.9 Å². The molecule has 62 heavy (non-hydrogen) atoms. The number of hydrogen-bond acceptors (Lipinski definition) is 4. The highest BCUT2D eigenvalue weighted by atomic mass is 15.4. The molecule has 1 fully saturated rings. The molecule has 0 amide bonds. The van der Waals surface area contributed by atoms with Gasteiger partial charge in [0.1, 0.15) is 0 Å². The van der Waals surface area contributed by atoms with Crippen molar-refractivity contribution in [3.63, 3.8) is 0 Å². The van der Waals surface area contributed by atoms with E-state index in [9.17, 15) is 0 Å². The Bertz CT molecular complexity index is 2960. The summed E-state index contributed by atoms with van der Waals surface area (Å²) in [6, 6.07) is 81.0. The maximum absolute atomic E-state index is 4.01. The van der Waals surface area contributed by atoms with E-state index < -0.39 is 0 Å². The van der Waals surface area contributed by atoms with Crippen molar-refractivity contribution in [1.29, 1.82) is 0 Å². The molecule has 4 heteroatoms. The summed E-state index contributed by atoms with van der Waals surface area (Å²) in [5.41, 5.74) is 16.7. The van der Waals surface area contributed by atoms with Crippen molar-refractivity contribution >= 4 is 22.0 Å². The summed E-state index contributed by atoms with van der Waals surface area (Å²) in [6.07, 6.45) is 1.97. The number of rotatable bonds is 8. The second kappa shape index (κ2) is 16.6. The third kappa shape index (κ3) is 7.42. The Kier molecular flexibility index (Phi) is 10.1. The number of anilines is 1. The Hall–Kier alpha value is -7.34. The largest absolute Gasteiger partial charge is 0.374 e. The Morgan fingerprint density at radius 3 is 1.37 bits per heavy atom. The molecule has 11 rings (SSSR count). The SMILES string of the molecule is C1=C(c2ccccc2)c2c(cc(-c3cccc(C4NC(c5ccccc5)NC(c5cc(-c6ccccc6)cc(-c6ccccc6)c5)N4)c3)c3ccccc23)NC1c1ccccc1. The molecule has 0 aliphatic carbocycles. The van der Waals surface area contributed by atoms with Gasteiger partial charge in [0.25, 0.3) is 0 Å². The molecular formula is C58H46N4. The van der Waals surface area contributed by atoms with Crippen molar-refractivity contribution in [3.05, 3.63) is 264 Å². The molecule has 298 valence electrons. The number of hydrogen-bond donors (Lipinski definition) is 4. The average Bonchev–Trinajstić information content (AvgIpc) is 3.37. The fraction of sp³-hybridized carbons (Fsp3) is 0.0690. The molecule has 9 aromatic rings. The first-order valence-electron chi connectivity index (χ1n) is 21.6. The zero-order valence-corrected chi connectivity index (χ0v) is 34.2. The van der Waals surface area contributed by atoms with Gasteiger partial charge in [-0.15, -0.1) is 0 Å². The normalized spacial score (nSPS) is 18.4. The van der Waals surface area contributed by atoms with E-state index >= 15 is 0 Å². The van der Waals surface area contributed by atoms with Crippen molar-refractivity contribution < 1.29 is 0 Å². The lowest BCUT2D eigenvalue weighted by atomic mass is 9.84. The number of nitrogens with one attached hydrogen (secondary N) is 4. The number of benzene rings is 9. The van der Waals surface area contributed by atoms with Crippen LogP contribution in [-0.4, -0.2) is 0 Å². The van der Waals surface area contributed by atoms with Gasteiger partial charge in [0.2, 0.25) is 0 Å². The Morgan fingerprint density at radius 1 is 0.306 bits per heavy atom. The van der Waals surface area contributed by atoms with Crippen LogP contribution in [-0.2, 0) is 0 Å². The predicted molar refractivity (Wildman–Crippen MR) is 257 cm³/mol. The zero-order valence-electron chi connectivity index (χ0n) is 34.2. The van der Waals surface area contributed by atoms with E-state index in [1.807, 2.05) is 0 Å². The lowest BCUT2D eigenvalue weighted by molar-refractivity contribution is 0.203. The Labute approximate surface area is 363 Å². The topological polar surface area (TPSA) is 48.1 Å². The van der Waals surface area contributed by atoms with Crippen LogP contribution in [0.4, 0.5) is 5.69 Å². The van der Waals surface area contributed by atoms with E-state index in [0.29, 0.717) is 0 Å². The van der Waals surface area contributed by atoms with Gasteiger partial charge in [0.05, 0.1) is 24.5 Å². The first-order valence-corrected chi connectivity index (χ1v) is 21.6. The van der Waals surface area contributed by atoms with E-state index in [1.54, 1.807) is 0 Å². The first-order chi connectivity index (χ1) is 30.7. The monoisotopic (exact) mass is 798 g/mol. The molecule has 2 aliphatic rings. The molecule has 1 saturated heterocycles. The smallest absolute Gasteiger partial charge is 0.0865 e. The third-order valence-electron chi connectivity index (χ3n) is 12.4. The molecule has 0 spiro atoms. The number of fused-ring (bicyclic) bond motifs is 3. The fourth-order valence-electron chi connectivity index (χ4n) is 9.34. The molecule has 4 atom stereocenters. The van der Waals surface area contributed by atoms with Crippen molar-refractivity contribution in [1.82, 2.24) is 16.0 Å². The molecule has 2 heterocycles. The minimum atomic E-state index is -0.163. The highest BCUT2D eigenvalue weighted by Gasteiger charge is 2.31. The standard InChI is InChI=1S/C58H46N4/c1-6-19-39(20-7-1)46-34-47(40-21-8-2-9-22-40)36-48(35-46)58-61-56(43-27-14-5-15-28-43)60-57(62-58)45-30-18-29-44(33-45)51-37-54-55(50-32-17-16-31-49(50)51)52(41-23-10-3-11-24-41)38-53(59-54)42-25-12-4-13-26-42/h1-38,53,56-62H. The summed E-state index contributed by atoms with van der Waals surface area (Å²) >= 11 is 0. The van der Waals surface area contributed by atoms with Crippen LogP contribution in [0.25, 0.3) is 49.7 Å². The molecule has 0 aromatic heterocycles. The highest BCUT2D eigenvalue weighted by molar-refractivity contribution is 6.10. The summed E-state index contributed by atoms with van der Waals surface area (Å²) < 4.78 is 0. The van der Waals surface area contributed by atoms with Crippen molar-refractivity contribution in [3.8, 4) is 33.4 Å². The van der Waals surface area contributed by atoms with E-state index in [2.05, 4.69) is 252 Å². The molecule has 2 aliphatic heterocycles.